The highest BCUT2D eigenvalue weighted by Crippen LogP contribution is 2.34. The number of fused-ring (bicyclic) bond motifs is 1. The van der Waals surface area contributed by atoms with Crippen LogP contribution in [0, 0.1) is 13.8 Å². The largest absolute Gasteiger partial charge is 0.482 e. The Hall–Kier alpha value is -2.87. The molecule has 0 bridgehead atoms. The van der Waals surface area contributed by atoms with Gasteiger partial charge in [-0.3, -0.25) is 9.59 Å². The first-order valence-electron chi connectivity index (χ1n) is 8.85. The predicted octanol–water partition coefficient (Wildman–Crippen LogP) is 2.83. The van der Waals surface area contributed by atoms with Crippen LogP contribution in [-0.4, -0.2) is 32.1 Å². The first-order valence-corrected chi connectivity index (χ1v) is 10.4. The number of ether oxygens (including phenoxy) is 1. The van der Waals surface area contributed by atoms with E-state index in [4.69, 9.17) is 4.74 Å². The molecule has 0 saturated carbocycles. The summed E-state index contributed by atoms with van der Waals surface area (Å²) in [6.45, 7) is 4.86. The summed E-state index contributed by atoms with van der Waals surface area (Å²) >= 11 is 0. The van der Waals surface area contributed by atoms with E-state index in [1.54, 1.807) is 25.1 Å². The molecule has 1 aliphatic heterocycles. The molecule has 1 atom stereocenters. The second-order valence-electron chi connectivity index (χ2n) is 6.87. The van der Waals surface area contributed by atoms with E-state index < -0.39 is 15.1 Å². The van der Waals surface area contributed by atoms with Crippen LogP contribution in [0.4, 0.5) is 11.4 Å². The van der Waals surface area contributed by atoms with Crippen molar-refractivity contribution in [3.8, 4) is 5.75 Å². The molecule has 0 saturated heterocycles. The van der Waals surface area contributed by atoms with E-state index in [9.17, 15) is 18.0 Å². The third kappa shape index (κ3) is 4.01. The van der Waals surface area contributed by atoms with E-state index >= 15 is 0 Å². The van der Waals surface area contributed by atoms with E-state index in [-0.39, 0.29) is 29.7 Å². The molecule has 0 aliphatic carbocycles. The molecule has 1 aliphatic rings. The van der Waals surface area contributed by atoms with Crippen LogP contribution in [-0.2, 0) is 19.4 Å². The summed E-state index contributed by atoms with van der Waals surface area (Å²) in [5.41, 5.74) is 2.48. The number of para-hydroxylation sites is 1. The Balaban J connectivity index is 1.79. The zero-order valence-electron chi connectivity index (χ0n) is 15.9. The highest BCUT2D eigenvalue weighted by atomic mass is 32.2. The number of rotatable bonds is 5. The van der Waals surface area contributed by atoms with Crippen molar-refractivity contribution in [3.63, 3.8) is 0 Å². The maximum Gasteiger partial charge on any atom is 0.262 e. The summed E-state index contributed by atoms with van der Waals surface area (Å²) in [5.74, 6) is -0.353. The van der Waals surface area contributed by atoms with Crippen LogP contribution in [0.25, 0.3) is 0 Å². The van der Waals surface area contributed by atoms with Gasteiger partial charge in [0.25, 0.3) is 5.91 Å². The van der Waals surface area contributed by atoms with Crippen molar-refractivity contribution in [2.75, 3.05) is 17.2 Å². The number of carbonyl (C=O) groups excluding carboxylic acids is 2. The molecule has 3 rings (SSSR count). The Morgan fingerprint density at radius 3 is 2.64 bits per heavy atom. The molecule has 2 aromatic rings. The average Bonchev–Trinajstić information content (AvgIpc) is 2.62. The van der Waals surface area contributed by atoms with Gasteiger partial charge >= 0.3 is 0 Å². The molecule has 0 unspecified atom stereocenters. The Morgan fingerprint density at radius 1 is 1.21 bits per heavy atom. The molecule has 148 valence electrons. The summed E-state index contributed by atoms with van der Waals surface area (Å²) in [6, 6.07) is 10.3. The molecule has 2 N–H and O–H groups in total. The van der Waals surface area contributed by atoms with Gasteiger partial charge in [0.15, 0.2) is 16.4 Å². The molecule has 2 amide bonds. The van der Waals surface area contributed by atoms with Crippen LogP contribution in [0.5, 0.6) is 5.75 Å². The Labute approximate surface area is 164 Å². The van der Waals surface area contributed by atoms with Gasteiger partial charge in [-0.05, 0) is 44.0 Å². The van der Waals surface area contributed by atoms with E-state index in [0.29, 0.717) is 22.7 Å². The Kier molecular flexibility index (Phi) is 5.42. The van der Waals surface area contributed by atoms with Crippen LogP contribution in [0.3, 0.4) is 0 Å². The lowest BCUT2D eigenvalue weighted by atomic mass is 10.2. The third-order valence-corrected chi connectivity index (χ3v) is 6.92. The van der Waals surface area contributed by atoms with E-state index in [1.807, 2.05) is 19.1 Å². The number of benzene rings is 2. The van der Waals surface area contributed by atoms with Gasteiger partial charge < -0.3 is 15.4 Å². The Morgan fingerprint density at radius 2 is 1.93 bits per heavy atom. The molecule has 8 heteroatoms. The Bertz CT molecular complexity index is 1050. The number of sulfone groups is 1. The fourth-order valence-corrected chi connectivity index (χ4v) is 4.61. The zero-order chi connectivity index (χ0) is 20.5. The molecule has 1 heterocycles. The van der Waals surface area contributed by atoms with E-state index in [1.165, 1.54) is 13.0 Å². The molecule has 0 spiro atoms. The third-order valence-electron chi connectivity index (χ3n) is 4.64. The van der Waals surface area contributed by atoms with Crippen LogP contribution >= 0.6 is 0 Å². The number of nitrogens with one attached hydrogen (secondary N) is 2. The minimum atomic E-state index is -3.77. The summed E-state index contributed by atoms with van der Waals surface area (Å²) in [6.07, 6.45) is -0.176. The molecule has 0 radical (unpaired) electrons. The summed E-state index contributed by atoms with van der Waals surface area (Å²) in [5, 5.41) is 4.48. The van der Waals surface area contributed by atoms with Gasteiger partial charge in [-0.2, -0.15) is 0 Å². The molecule has 28 heavy (non-hydrogen) atoms. The topological polar surface area (TPSA) is 102 Å². The monoisotopic (exact) mass is 402 g/mol. The van der Waals surface area contributed by atoms with Crippen molar-refractivity contribution in [2.24, 2.45) is 0 Å². The molecular formula is C20H22N2O5S. The van der Waals surface area contributed by atoms with Gasteiger partial charge in [-0.1, -0.05) is 18.2 Å². The smallest absolute Gasteiger partial charge is 0.262 e. The fourth-order valence-electron chi connectivity index (χ4n) is 3.02. The van der Waals surface area contributed by atoms with Crippen LogP contribution in [0.1, 0.15) is 24.5 Å². The number of aryl methyl sites for hydroxylation is 2. The summed E-state index contributed by atoms with van der Waals surface area (Å²) in [4.78, 5) is 23.9. The van der Waals surface area contributed by atoms with E-state index in [2.05, 4.69) is 10.6 Å². The van der Waals surface area contributed by atoms with Crippen LogP contribution in [0.15, 0.2) is 41.3 Å². The normalized spacial score (nSPS) is 14.5. The van der Waals surface area contributed by atoms with Gasteiger partial charge in [0, 0.05) is 18.2 Å². The molecule has 7 nitrogen and oxygen atoms in total. The van der Waals surface area contributed by atoms with Crippen molar-refractivity contribution in [1.82, 2.24) is 0 Å². The number of anilines is 2. The number of carbonyl (C=O) groups is 2. The minimum Gasteiger partial charge on any atom is -0.482 e. The standard InChI is InChI=1S/C20H22N2O5S/c1-12-6-4-5-7-15(12)21-19(23)9-14(3)28(25,26)18-10-17-16(8-13(18)2)22-20(24)11-27-17/h4-8,10,14H,9,11H2,1-3H3,(H,21,23)(H,22,24)/t14-/m1/s1. The second-order valence-corrected chi connectivity index (χ2v) is 9.21. The second kappa shape index (κ2) is 7.63. The maximum atomic E-state index is 13.0. The van der Waals surface area contributed by atoms with Gasteiger partial charge in [-0.15, -0.1) is 0 Å². The van der Waals surface area contributed by atoms with Crippen LogP contribution < -0.4 is 15.4 Å². The molecular weight excluding hydrogens is 380 g/mol. The van der Waals surface area contributed by atoms with Gasteiger partial charge in [0.1, 0.15) is 5.75 Å². The number of amides is 2. The lowest BCUT2D eigenvalue weighted by molar-refractivity contribution is -0.118. The SMILES string of the molecule is Cc1ccccc1NC(=O)C[C@@H](C)S(=O)(=O)c1cc2c(cc1C)NC(=O)CO2. The highest BCUT2D eigenvalue weighted by Gasteiger charge is 2.29. The zero-order valence-corrected chi connectivity index (χ0v) is 16.7. The van der Waals surface area contributed by atoms with Gasteiger partial charge in [0.2, 0.25) is 5.91 Å². The fraction of sp³-hybridized carbons (Fsp3) is 0.300. The van der Waals surface area contributed by atoms with Crippen molar-refractivity contribution >= 4 is 33.0 Å². The lowest BCUT2D eigenvalue weighted by Gasteiger charge is -2.21. The van der Waals surface area contributed by atoms with Crippen molar-refractivity contribution in [2.45, 2.75) is 37.3 Å². The van der Waals surface area contributed by atoms with E-state index in [0.717, 1.165) is 5.56 Å². The van der Waals surface area contributed by atoms with Gasteiger partial charge in [0.05, 0.1) is 15.8 Å². The summed E-state index contributed by atoms with van der Waals surface area (Å²) in [7, 11) is -3.77. The molecule has 0 aromatic heterocycles. The number of hydrogen-bond donors (Lipinski definition) is 2. The first-order chi connectivity index (χ1) is 13.2. The quantitative estimate of drug-likeness (QED) is 0.801. The van der Waals surface area contributed by atoms with Crippen LogP contribution in [0.2, 0.25) is 0 Å². The lowest BCUT2D eigenvalue weighted by Crippen LogP contribution is -2.27. The summed E-state index contributed by atoms with van der Waals surface area (Å²) < 4.78 is 31.4. The predicted molar refractivity (Wildman–Crippen MR) is 106 cm³/mol. The molecule has 2 aromatic carbocycles. The highest BCUT2D eigenvalue weighted by molar-refractivity contribution is 7.92. The van der Waals surface area contributed by atoms with Gasteiger partial charge in [-0.25, -0.2) is 8.42 Å². The first kappa shape index (κ1) is 19.9. The van der Waals surface area contributed by atoms with Crippen molar-refractivity contribution in [3.05, 3.63) is 47.5 Å². The van der Waals surface area contributed by atoms with Crippen molar-refractivity contribution in [1.29, 1.82) is 0 Å². The minimum absolute atomic E-state index is 0.0959. The molecule has 0 fully saturated rings. The van der Waals surface area contributed by atoms with Crippen molar-refractivity contribution < 1.29 is 22.7 Å². The average molecular weight is 402 g/mol. The number of hydrogen-bond acceptors (Lipinski definition) is 5. The maximum absolute atomic E-state index is 13.0.